The van der Waals surface area contributed by atoms with E-state index >= 15 is 0 Å². The van der Waals surface area contributed by atoms with E-state index < -0.39 is 0 Å². The molecule has 1 saturated heterocycles. The fraction of sp³-hybridized carbons (Fsp3) is 0.500. The summed E-state index contributed by atoms with van der Waals surface area (Å²) in [6, 6.07) is 5.03. The largest absolute Gasteiger partial charge is 0.504 e. The van der Waals surface area contributed by atoms with Crippen LogP contribution in [0.2, 0.25) is 0 Å². The number of phenols is 1. The lowest BCUT2D eigenvalue weighted by atomic mass is 10.1. The zero-order chi connectivity index (χ0) is 14.5. The lowest BCUT2D eigenvalue weighted by molar-refractivity contribution is -0.132. The number of nitrogens with zero attached hydrogens (tertiary/aromatic N) is 1. The number of ether oxygens (including phenoxy) is 1. The minimum atomic E-state index is -0.0993. The Kier molecular flexibility index (Phi) is 5.14. The van der Waals surface area contributed by atoms with Crippen LogP contribution in [0.1, 0.15) is 5.56 Å². The summed E-state index contributed by atoms with van der Waals surface area (Å²) in [6.45, 7) is 1.38. The van der Waals surface area contributed by atoms with E-state index in [-0.39, 0.29) is 17.7 Å². The average molecular weight is 296 g/mol. The van der Waals surface area contributed by atoms with Gasteiger partial charge in [-0.2, -0.15) is 11.8 Å². The van der Waals surface area contributed by atoms with E-state index in [1.54, 1.807) is 41.9 Å². The molecular formula is C14H20N2O3S. The molecule has 1 heterocycles. The number of rotatable bonds is 4. The average Bonchev–Trinajstić information content (AvgIpc) is 2.49. The second-order valence-corrected chi connectivity index (χ2v) is 5.93. The van der Waals surface area contributed by atoms with Gasteiger partial charge in [0.2, 0.25) is 5.91 Å². The fourth-order valence-corrected chi connectivity index (χ4v) is 3.09. The third-order valence-electron chi connectivity index (χ3n) is 3.26. The van der Waals surface area contributed by atoms with Gasteiger partial charge in [-0.25, -0.2) is 0 Å². The fourth-order valence-electron chi connectivity index (χ4n) is 2.16. The van der Waals surface area contributed by atoms with Gasteiger partial charge in [-0.3, -0.25) is 4.79 Å². The van der Waals surface area contributed by atoms with E-state index in [1.165, 1.54) is 7.11 Å². The second kappa shape index (κ2) is 6.85. The van der Waals surface area contributed by atoms with E-state index in [0.29, 0.717) is 12.3 Å². The zero-order valence-corrected chi connectivity index (χ0v) is 12.6. The summed E-state index contributed by atoms with van der Waals surface area (Å²) in [4.78, 5) is 14.0. The summed E-state index contributed by atoms with van der Waals surface area (Å²) in [5.74, 6) is 2.51. The molecule has 1 fully saturated rings. The normalized spacial score (nSPS) is 18.6. The first-order valence-electron chi connectivity index (χ1n) is 6.54. The highest BCUT2D eigenvalue weighted by molar-refractivity contribution is 7.99. The molecule has 1 aliphatic rings. The number of hydrogen-bond acceptors (Lipinski definition) is 5. The van der Waals surface area contributed by atoms with Crippen LogP contribution < -0.4 is 10.1 Å². The maximum atomic E-state index is 12.3. The van der Waals surface area contributed by atoms with Gasteiger partial charge in [-0.05, 0) is 17.7 Å². The minimum Gasteiger partial charge on any atom is -0.504 e. The van der Waals surface area contributed by atoms with Gasteiger partial charge in [-0.1, -0.05) is 6.07 Å². The molecule has 1 aromatic carbocycles. The third kappa shape index (κ3) is 3.58. The Morgan fingerprint density at radius 1 is 1.60 bits per heavy atom. The van der Waals surface area contributed by atoms with Crippen LogP contribution in [0, 0.1) is 0 Å². The van der Waals surface area contributed by atoms with Gasteiger partial charge < -0.3 is 20.1 Å². The summed E-state index contributed by atoms with van der Waals surface area (Å²) < 4.78 is 5.07. The SMILES string of the molecule is COc1cc(CN(C)C(=O)C2CSCCN2)ccc1O. The van der Waals surface area contributed by atoms with E-state index in [4.69, 9.17) is 4.74 Å². The van der Waals surface area contributed by atoms with E-state index in [1.807, 2.05) is 0 Å². The lowest BCUT2D eigenvalue weighted by Gasteiger charge is -2.27. The molecule has 0 radical (unpaired) electrons. The van der Waals surface area contributed by atoms with Crippen LogP contribution in [-0.2, 0) is 11.3 Å². The molecule has 110 valence electrons. The van der Waals surface area contributed by atoms with E-state index in [0.717, 1.165) is 23.6 Å². The third-order valence-corrected chi connectivity index (χ3v) is 4.32. The van der Waals surface area contributed by atoms with Crippen molar-refractivity contribution in [2.75, 3.05) is 32.2 Å². The van der Waals surface area contributed by atoms with Crippen molar-refractivity contribution in [1.29, 1.82) is 0 Å². The number of carbonyl (C=O) groups is 1. The Labute approximate surface area is 123 Å². The molecule has 1 unspecified atom stereocenters. The van der Waals surface area contributed by atoms with Gasteiger partial charge in [0.05, 0.1) is 13.2 Å². The summed E-state index contributed by atoms with van der Waals surface area (Å²) in [5, 5.41) is 12.8. The molecule has 20 heavy (non-hydrogen) atoms. The molecule has 0 bridgehead atoms. The highest BCUT2D eigenvalue weighted by Crippen LogP contribution is 2.26. The molecule has 2 N–H and O–H groups in total. The summed E-state index contributed by atoms with van der Waals surface area (Å²) >= 11 is 1.80. The first-order valence-corrected chi connectivity index (χ1v) is 7.69. The molecule has 0 spiro atoms. The number of thioether (sulfide) groups is 1. The van der Waals surface area contributed by atoms with Crippen molar-refractivity contribution in [3.63, 3.8) is 0 Å². The number of phenolic OH excluding ortho intramolecular Hbond substituents is 1. The Morgan fingerprint density at radius 3 is 3.05 bits per heavy atom. The molecular weight excluding hydrogens is 276 g/mol. The molecule has 1 amide bonds. The molecule has 1 aliphatic heterocycles. The highest BCUT2D eigenvalue weighted by Gasteiger charge is 2.24. The Bertz CT molecular complexity index is 475. The summed E-state index contributed by atoms with van der Waals surface area (Å²) in [7, 11) is 3.31. The van der Waals surface area contributed by atoms with Crippen LogP contribution in [0.4, 0.5) is 0 Å². The Balaban J connectivity index is 1.99. The monoisotopic (exact) mass is 296 g/mol. The summed E-state index contributed by atoms with van der Waals surface area (Å²) in [6.07, 6.45) is 0. The zero-order valence-electron chi connectivity index (χ0n) is 11.8. The molecule has 0 aromatic heterocycles. The van der Waals surface area contributed by atoms with E-state index in [9.17, 15) is 9.90 Å². The van der Waals surface area contributed by atoms with Crippen LogP contribution in [0.15, 0.2) is 18.2 Å². The summed E-state index contributed by atoms with van der Waals surface area (Å²) in [5.41, 5.74) is 0.930. The van der Waals surface area contributed by atoms with Crippen molar-refractivity contribution >= 4 is 17.7 Å². The second-order valence-electron chi connectivity index (χ2n) is 4.78. The number of amides is 1. The maximum absolute atomic E-state index is 12.3. The highest BCUT2D eigenvalue weighted by atomic mass is 32.2. The molecule has 2 rings (SSSR count). The van der Waals surface area contributed by atoms with Crippen molar-refractivity contribution in [3.05, 3.63) is 23.8 Å². The maximum Gasteiger partial charge on any atom is 0.240 e. The minimum absolute atomic E-state index is 0.0993. The number of nitrogens with one attached hydrogen (secondary N) is 1. The van der Waals surface area contributed by atoms with Crippen molar-refractivity contribution < 1.29 is 14.6 Å². The molecule has 0 aliphatic carbocycles. The smallest absolute Gasteiger partial charge is 0.240 e. The first kappa shape index (κ1) is 15.0. The lowest BCUT2D eigenvalue weighted by Crippen LogP contribution is -2.49. The predicted octanol–water partition coefficient (Wildman–Crippen LogP) is 1.06. The van der Waals surface area contributed by atoms with Gasteiger partial charge in [0.15, 0.2) is 11.5 Å². The number of benzene rings is 1. The molecule has 1 aromatic rings. The van der Waals surface area contributed by atoms with Crippen LogP contribution in [0.3, 0.4) is 0 Å². The van der Waals surface area contributed by atoms with Crippen molar-refractivity contribution in [3.8, 4) is 11.5 Å². The molecule has 0 saturated carbocycles. The number of hydrogen-bond donors (Lipinski definition) is 2. The van der Waals surface area contributed by atoms with Gasteiger partial charge in [0, 0.05) is 31.6 Å². The Morgan fingerprint density at radius 2 is 2.40 bits per heavy atom. The van der Waals surface area contributed by atoms with Gasteiger partial charge >= 0.3 is 0 Å². The predicted molar refractivity (Wildman–Crippen MR) is 80.2 cm³/mol. The van der Waals surface area contributed by atoms with Gasteiger partial charge in [0.1, 0.15) is 0 Å². The molecule has 6 heteroatoms. The van der Waals surface area contributed by atoms with Crippen LogP contribution in [-0.4, -0.2) is 54.2 Å². The van der Waals surface area contributed by atoms with Crippen LogP contribution >= 0.6 is 11.8 Å². The number of carbonyl (C=O) groups excluding carboxylic acids is 1. The van der Waals surface area contributed by atoms with Crippen molar-refractivity contribution in [2.45, 2.75) is 12.6 Å². The topological polar surface area (TPSA) is 61.8 Å². The molecule has 1 atom stereocenters. The van der Waals surface area contributed by atoms with Crippen molar-refractivity contribution in [1.82, 2.24) is 10.2 Å². The first-order chi connectivity index (χ1) is 9.61. The van der Waals surface area contributed by atoms with Crippen LogP contribution in [0.25, 0.3) is 0 Å². The number of methoxy groups -OCH3 is 1. The number of likely N-dealkylation sites (N-methyl/N-ethyl adjacent to an activating group) is 1. The van der Waals surface area contributed by atoms with Gasteiger partial charge in [-0.15, -0.1) is 0 Å². The molecule has 5 nitrogen and oxygen atoms in total. The van der Waals surface area contributed by atoms with Gasteiger partial charge in [0.25, 0.3) is 0 Å². The Hall–Kier alpha value is -1.40. The standard InChI is InChI=1S/C14H20N2O3S/c1-16(14(18)11-9-20-6-5-15-11)8-10-3-4-12(17)13(7-10)19-2/h3-4,7,11,15,17H,5-6,8-9H2,1-2H3. The quantitative estimate of drug-likeness (QED) is 0.870. The van der Waals surface area contributed by atoms with Crippen molar-refractivity contribution in [2.24, 2.45) is 0 Å². The number of aromatic hydroxyl groups is 1. The van der Waals surface area contributed by atoms with E-state index in [2.05, 4.69) is 5.32 Å². The van der Waals surface area contributed by atoms with Crippen LogP contribution in [0.5, 0.6) is 11.5 Å².